The Hall–Kier alpha value is -3.40. The number of benzene rings is 3. The van der Waals surface area contributed by atoms with Gasteiger partial charge in [-0.15, -0.1) is 0 Å². The number of anilines is 1. The summed E-state index contributed by atoms with van der Waals surface area (Å²) in [7, 11) is 5.02. The number of para-hydroxylation sites is 1. The molecule has 0 aliphatic carbocycles. The lowest BCUT2D eigenvalue weighted by atomic mass is 10.1. The van der Waals surface area contributed by atoms with Gasteiger partial charge in [-0.2, -0.15) is 0 Å². The normalized spacial score (nSPS) is 16.9. The smallest absolute Gasteiger partial charge is 0.225 e. The van der Waals surface area contributed by atoms with Gasteiger partial charge in [0.05, 0.1) is 33.6 Å². The molecule has 8 nitrogen and oxygen atoms in total. The van der Waals surface area contributed by atoms with Crippen LogP contribution < -0.4 is 23.8 Å². The number of carbonyl (C=O) groups is 1. The van der Waals surface area contributed by atoms with Crippen molar-refractivity contribution in [1.29, 1.82) is 0 Å². The third-order valence-corrected chi connectivity index (χ3v) is 9.71. The lowest BCUT2D eigenvalue weighted by molar-refractivity contribution is -0.116. The molecule has 3 aromatic carbocycles. The highest BCUT2D eigenvalue weighted by Gasteiger charge is 2.35. The summed E-state index contributed by atoms with van der Waals surface area (Å²) >= 11 is 1.68. The van der Waals surface area contributed by atoms with Gasteiger partial charge in [0.15, 0.2) is 11.5 Å². The summed E-state index contributed by atoms with van der Waals surface area (Å²) < 4.78 is 22.7. The van der Waals surface area contributed by atoms with Crippen LogP contribution in [-0.2, 0) is 11.2 Å². The molecule has 1 fully saturated rings. The van der Waals surface area contributed by atoms with Crippen LogP contribution in [-0.4, -0.2) is 82.9 Å². The van der Waals surface area contributed by atoms with Crippen LogP contribution in [0, 0.1) is 0 Å². The number of thioether (sulfide) groups is 1. The molecule has 2 heterocycles. The average Bonchev–Trinajstić information content (AvgIpc) is 3.45. The van der Waals surface area contributed by atoms with Crippen molar-refractivity contribution < 1.29 is 23.7 Å². The Morgan fingerprint density at radius 1 is 0.795 bits per heavy atom. The summed E-state index contributed by atoms with van der Waals surface area (Å²) in [6, 6.07) is 20.2. The first-order chi connectivity index (χ1) is 21.5. The summed E-state index contributed by atoms with van der Waals surface area (Å²) in [5.74, 6) is 3.15. The lowest BCUT2D eigenvalue weighted by Gasteiger charge is -2.34. The second-order valence-electron chi connectivity index (χ2n) is 11.3. The van der Waals surface area contributed by atoms with Crippen LogP contribution in [0.1, 0.15) is 42.7 Å². The van der Waals surface area contributed by atoms with Crippen molar-refractivity contribution in [3.8, 4) is 23.0 Å². The molecule has 5 rings (SSSR count). The van der Waals surface area contributed by atoms with E-state index in [1.165, 1.54) is 5.56 Å². The number of hydrogen-bond acceptors (Lipinski definition) is 8. The molecule has 1 amide bonds. The van der Waals surface area contributed by atoms with Gasteiger partial charge in [0.25, 0.3) is 0 Å². The fourth-order valence-electron chi connectivity index (χ4n) is 5.93. The Morgan fingerprint density at radius 2 is 1.52 bits per heavy atom. The van der Waals surface area contributed by atoms with Crippen LogP contribution in [0.2, 0.25) is 0 Å². The standard InChI is InChI=1S/C35H45N3O5S/c1-26(39)38-30-10-6-7-11-34(30)44-35(38)29-25-28(40-2)13-15-31(29)43-23-9-5-8-17-36-19-21-37(22-20-36)18-16-27-12-14-32(41-3)33(24-27)42-4/h6-7,10-15,24-25,35H,5,8-9,16-23H2,1-4H3. The van der Waals surface area contributed by atoms with Gasteiger partial charge in [0, 0.05) is 50.1 Å². The molecule has 0 N–H and O–H groups in total. The number of methoxy groups -OCH3 is 3. The van der Waals surface area contributed by atoms with Crippen molar-refractivity contribution in [2.75, 3.05) is 72.1 Å². The number of carbonyl (C=O) groups excluding carboxylic acids is 1. The average molecular weight is 620 g/mol. The largest absolute Gasteiger partial charge is 0.497 e. The number of fused-ring (bicyclic) bond motifs is 1. The van der Waals surface area contributed by atoms with E-state index in [2.05, 4.69) is 28.0 Å². The molecule has 0 radical (unpaired) electrons. The van der Waals surface area contributed by atoms with Gasteiger partial charge >= 0.3 is 0 Å². The van der Waals surface area contributed by atoms with Crippen LogP contribution in [0.4, 0.5) is 5.69 Å². The molecule has 1 saturated heterocycles. The van der Waals surface area contributed by atoms with E-state index in [0.717, 1.165) is 104 Å². The van der Waals surface area contributed by atoms with Crippen LogP contribution in [0.3, 0.4) is 0 Å². The molecule has 1 unspecified atom stereocenters. The van der Waals surface area contributed by atoms with E-state index in [0.29, 0.717) is 6.61 Å². The van der Waals surface area contributed by atoms with Gasteiger partial charge in [0.1, 0.15) is 16.9 Å². The molecule has 9 heteroatoms. The first-order valence-electron chi connectivity index (χ1n) is 15.5. The highest BCUT2D eigenvalue weighted by molar-refractivity contribution is 8.00. The summed E-state index contributed by atoms with van der Waals surface area (Å²) in [5, 5.41) is -0.187. The molecular formula is C35H45N3O5S. The zero-order chi connectivity index (χ0) is 30.9. The number of amides is 1. The van der Waals surface area contributed by atoms with Crippen LogP contribution >= 0.6 is 11.8 Å². The van der Waals surface area contributed by atoms with E-state index >= 15 is 0 Å². The number of unbranched alkanes of at least 4 members (excludes halogenated alkanes) is 2. The topological polar surface area (TPSA) is 63.7 Å². The minimum Gasteiger partial charge on any atom is -0.497 e. The number of hydrogen-bond donors (Lipinski definition) is 0. The molecule has 1 atom stereocenters. The monoisotopic (exact) mass is 619 g/mol. The number of rotatable bonds is 14. The molecule has 2 aliphatic heterocycles. The molecule has 0 bridgehead atoms. The second kappa shape index (κ2) is 15.5. The van der Waals surface area contributed by atoms with Gasteiger partial charge in [-0.3, -0.25) is 9.69 Å². The third kappa shape index (κ3) is 7.81. The van der Waals surface area contributed by atoms with E-state index in [1.54, 1.807) is 40.0 Å². The highest BCUT2D eigenvalue weighted by Crippen LogP contribution is 2.53. The number of ether oxygens (including phenoxy) is 4. The summed E-state index contributed by atoms with van der Waals surface area (Å²) in [5.41, 5.74) is 3.18. The maximum Gasteiger partial charge on any atom is 0.225 e. The zero-order valence-electron chi connectivity index (χ0n) is 26.4. The van der Waals surface area contributed by atoms with Crippen molar-refractivity contribution in [2.24, 2.45) is 0 Å². The minimum atomic E-state index is -0.187. The SMILES string of the molecule is COc1ccc(OCCCCCN2CCN(CCc3ccc(OC)c(OC)c3)CC2)c(C2Sc3ccccc3N2C(C)=O)c1. The van der Waals surface area contributed by atoms with Crippen LogP contribution in [0.25, 0.3) is 0 Å². The first-order valence-corrected chi connectivity index (χ1v) is 16.4. The fourth-order valence-corrected chi connectivity index (χ4v) is 7.29. The van der Waals surface area contributed by atoms with Crippen molar-refractivity contribution in [2.45, 2.75) is 42.9 Å². The van der Waals surface area contributed by atoms with Crippen molar-refractivity contribution in [3.63, 3.8) is 0 Å². The molecule has 0 aromatic heterocycles. The highest BCUT2D eigenvalue weighted by atomic mass is 32.2. The zero-order valence-corrected chi connectivity index (χ0v) is 27.2. The van der Waals surface area contributed by atoms with Crippen LogP contribution in [0.15, 0.2) is 65.6 Å². The predicted octanol–water partition coefficient (Wildman–Crippen LogP) is 6.28. The molecular weight excluding hydrogens is 574 g/mol. The fraction of sp³-hybridized carbons (Fsp3) is 0.457. The van der Waals surface area contributed by atoms with Crippen molar-refractivity contribution in [1.82, 2.24) is 9.80 Å². The quantitative estimate of drug-likeness (QED) is 0.196. The Balaban J connectivity index is 1.04. The van der Waals surface area contributed by atoms with Gasteiger partial charge in [0.2, 0.25) is 5.91 Å². The van der Waals surface area contributed by atoms with E-state index in [-0.39, 0.29) is 11.3 Å². The molecule has 44 heavy (non-hydrogen) atoms. The molecule has 3 aromatic rings. The molecule has 2 aliphatic rings. The summed E-state index contributed by atoms with van der Waals surface area (Å²) in [6.07, 6.45) is 4.28. The summed E-state index contributed by atoms with van der Waals surface area (Å²) in [6.45, 7) is 8.90. The third-order valence-electron chi connectivity index (χ3n) is 8.43. The van der Waals surface area contributed by atoms with Gasteiger partial charge in [-0.05, 0) is 80.3 Å². The number of nitrogens with zero attached hydrogens (tertiary/aromatic N) is 3. The minimum absolute atomic E-state index is 0.0139. The molecule has 0 spiro atoms. The van der Waals surface area contributed by atoms with Gasteiger partial charge in [-0.1, -0.05) is 30.0 Å². The maximum atomic E-state index is 12.7. The Kier molecular flexibility index (Phi) is 11.3. The van der Waals surface area contributed by atoms with Crippen molar-refractivity contribution >= 4 is 23.4 Å². The summed E-state index contributed by atoms with van der Waals surface area (Å²) in [4.78, 5) is 20.8. The van der Waals surface area contributed by atoms with Crippen LogP contribution in [0.5, 0.6) is 23.0 Å². The van der Waals surface area contributed by atoms with Gasteiger partial charge < -0.3 is 28.7 Å². The lowest BCUT2D eigenvalue weighted by Crippen LogP contribution is -2.47. The Labute approximate surface area is 266 Å². The maximum absolute atomic E-state index is 12.7. The molecule has 0 saturated carbocycles. The second-order valence-corrected chi connectivity index (χ2v) is 12.4. The number of piperazine rings is 1. The molecule has 236 valence electrons. The Bertz CT molecular complexity index is 1390. The Morgan fingerprint density at radius 3 is 2.25 bits per heavy atom. The van der Waals surface area contributed by atoms with Crippen molar-refractivity contribution in [3.05, 3.63) is 71.8 Å². The van der Waals surface area contributed by atoms with E-state index in [4.69, 9.17) is 18.9 Å². The van der Waals surface area contributed by atoms with E-state index < -0.39 is 0 Å². The van der Waals surface area contributed by atoms with E-state index in [1.807, 2.05) is 47.4 Å². The first kappa shape index (κ1) is 32.0. The van der Waals surface area contributed by atoms with E-state index in [9.17, 15) is 4.79 Å². The predicted molar refractivity (Wildman–Crippen MR) is 177 cm³/mol. The van der Waals surface area contributed by atoms with Gasteiger partial charge in [-0.25, -0.2) is 0 Å².